The van der Waals surface area contributed by atoms with Crippen molar-refractivity contribution in [2.45, 2.75) is 52.1 Å². The number of aryl methyl sites for hydroxylation is 3. The lowest BCUT2D eigenvalue weighted by Crippen LogP contribution is -2.27. The molecule has 0 spiro atoms. The number of hydrogen-bond acceptors (Lipinski definition) is 4. The number of fused-ring (bicyclic) bond motifs is 1. The monoisotopic (exact) mass is 292 g/mol. The lowest BCUT2D eigenvalue weighted by atomic mass is 9.93. The van der Waals surface area contributed by atoms with Gasteiger partial charge in [-0.15, -0.1) is 22.7 Å². The smallest absolute Gasteiger partial charge is 0.0900 e. The molecule has 0 fully saturated rings. The second-order valence-corrected chi connectivity index (χ2v) is 7.71. The van der Waals surface area contributed by atoms with Crippen LogP contribution in [0.15, 0.2) is 11.4 Å². The number of thiophene rings is 1. The molecule has 0 amide bonds. The number of hydrogen-bond donors (Lipinski definition) is 1. The third kappa shape index (κ3) is 2.62. The van der Waals surface area contributed by atoms with Gasteiger partial charge in [0.05, 0.1) is 10.7 Å². The Morgan fingerprint density at radius 3 is 3.00 bits per heavy atom. The maximum absolute atomic E-state index is 4.68. The van der Waals surface area contributed by atoms with Crippen LogP contribution in [0.3, 0.4) is 0 Å². The molecule has 102 valence electrons. The Hall–Kier alpha value is -0.710. The van der Waals surface area contributed by atoms with Crippen LogP contribution in [-0.2, 0) is 6.42 Å². The molecular formula is C15H20N2S2. The van der Waals surface area contributed by atoms with Crippen molar-refractivity contribution in [3.63, 3.8) is 0 Å². The van der Waals surface area contributed by atoms with Crippen molar-refractivity contribution in [3.8, 4) is 0 Å². The van der Waals surface area contributed by atoms with Gasteiger partial charge in [-0.25, -0.2) is 4.98 Å². The van der Waals surface area contributed by atoms with Crippen LogP contribution < -0.4 is 5.32 Å². The van der Waals surface area contributed by atoms with Gasteiger partial charge in [-0.05, 0) is 57.0 Å². The number of nitrogens with one attached hydrogen (secondary N) is 1. The highest BCUT2D eigenvalue weighted by atomic mass is 32.1. The Bertz CT molecular complexity index is 570. The molecule has 2 atom stereocenters. The number of rotatable bonds is 3. The zero-order valence-corrected chi connectivity index (χ0v) is 13.3. The van der Waals surface area contributed by atoms with Gasteiger partial charge in [0.25, 0.3) is 0 Å². The van der Waals surface area contributed by atoms with Crippen molar-refractivity contribution < 1.29 is 0 Å². The average molecular weight is 292 g/mol. The van der Waals surface area contributed by atoms with Crippen LogP contribution in [0.4, 0.5) is 0 Å². The molecule has 0 bridgehead atoms. The van der Waals surface area contributed by atoms with Gasteiger partial charge in [-0.1, -0.05) is 0 Å². The van der Waals surface area contributed by atoms with E-state index in [1.807, 2.05) is 11.3 Å². The summed E-state index contributed by atoms with van der Waals surface area (Å²) in [5, 5.41) is 7.18. The lowest BCUT2D eigenvalue weighted by molar-refractivity contribution is 0.413. The van der Waals surface area contributed by atoms with E-state index in [9.17, 15) is 0 Å². The summed E-state index contributed by atoms with van der Waals surface area (Å²) in [7, 11) is 0. The summed E-state index contributed by atoms with van der Waals surface area (Å²) in [6, 6.07) is 3.13. The number of nitrogens with zero attached hydrogens (tertiary/aromatic N) is 1. The summed E-state index contributed by atoms with van der Waals surface area (Å²) in [4.78, 5) is 7.60. The average Bonchev–Trinajstić information content (AvgIpc) is 2.96. The fourth-order valence-electron chi connectivity index (χ4n) is 2.99. The minimum Gasteiger partial charge on any atom is -0.302 e. The van der Waals surface area contributed by atoms with Gasteiger partial charge in [-0.3, -0.25) is 0 Å². The summed E-state index contributed by atoms with van der Waals surface area (Å²) >= 11 is 3.70. The van der Waals surface area contributed by atoms with Crippen LogP contribution in [0.1, 0.15) is 57.9 Å². The molecule has 3 rings (SSSR count). The molecule has 2 aromatic rings. The van der Waals surface area contributed by atoms with E-state index in [2.05, 4.69) is 42.5 Å². The van der Waals surface area contributed by atoms with Gasteiger partial charge in [0.2, 0.25) is 0 Å². The van der Waals surface area contributed by atoms with Crippen LogP contribution in [0.5, 0.6) is 0 Å². The highest BCUT2D eigenvalue weighted by Gasteiger charge is 2.24. The van der Waals surface area contributed by atoms with E-state index in [0.29, 0.717) is 12.1 Å². The molecule has 0 saturated carbocycles. The quantitative estimate of drug-likeness (QED) is 0.897. The topological polar surface area (TPSA) is 24.9 Å². The first-order valence-corrected chi connectivity index (χ1v) is 8.61. The Labute approximate surface area is 122 Å². The predicted molar refractivity (Wildman–Crippen MR) is 83.1 cm³/mol. The standard InChI is InChI=1S/C15H20N2S2/c1-9(15-10(2)19-11(3)17-15)16-13-5-4-6-14-12(13)7-8-18-14/h7-9,13,16H,4-6H2,1-3H3. The van der Waals surface area contributed by atoms with E-state index in [1.54, 1.807) is 16.2 Å². The van der Waals surface area contributed by atoms with Crippen LogP contribution in [0.2, 0.25) is 0 Å². The van der Waals surface area contributed by atoms with Gasteiger partial charge in [-0.2, -0.15) is 0 Å². The van der Waals surface area contributed by atoms with Gasteiger partial charge in [0, 0.05) is 21.8 Å². The number of thiazole rings is 1. The van der Waals surface area contributed by atoms with Crippen LogP contribution >= 0.6 is 22.7 Å². The van der Waals surface area contributed by atoms with Crippen LogP contribution in [0, 0.1) is 13.8 Å². The summed E-state index contributed by atoms with van der Waals surface area (Å²) in [5.74, 6) is 0. The molecule has 0 radical (unpaired) electrons. The first kappa shape index (κ1) is 13.3. The normalized spacial score (nSPS) is 20.3. The fourth-order valence-corrected chi connectivity index (χ4v) is 4.89. The molecule has 2 unspecified atom stereocenters. The van der Waals surface area contributed by atoms with Crippen molar-refractivity contribution in [2.75, 3.05) is 0 Å². The SMILES string of the molecule is Cc1nc(C(C)NC2CCCc3sccc32)c(C)s1. The van der Waals surface area contributed by atoms with Gasteiger partial charge in [0.1, 0.15) is 0 Å². The van der Waals surface area contributed by atoms with Crippen molar-refractivity contribution in [1.82, 2.24) is 10.3 Å². The Morgan fingerprint density at radius 1 is 1.42 bits per heavy atom. The summed E-state index contributed by atoms with van der Waals surface area (Å²) in [5.41, 5.74) is 2.75. The van der Waals surface area contributed by atoms with E-state index < -0.39 is 0 Å². The van der Waals surface area contributed by atoms with Crippen molar-refractivity contribution in [1.29, 1.82) is 0 Å². The summed E-state index contributed by atoms with van der Waals surface area (Å²) in [6.07, 6.45) is 3.80. The molecule has 1 aliphatic rings. The Morgan fingerprint density at radius 2 is 2.26 bits per heavy atom. The molecule has 0 aromatic carbocycles. The fraction of sp³-hybridized carbons (Fsp3) is 0.533. The van der Waals surface area contributed by atoms with E-state index in [1.165, 1.54) is 40.4 Å². The Kier molecular flexibility index (Phi) is 3.74. The van der Waals surface area contributed by atoms with Crippen molar-refractivity contribution in [2.24, 2.45) is 0 Å². The first-order valence-electron chi connectivity index (χ1n) is 6.91. The molecule has 2 aromatic heterocycles. The summed E-state index contributed by atoms with van der Waals surface area (Å²) in [6.45, 7) is 6.50. The van der Waals surface area contributed by atoms with E-state index >= 15 is 0 Å². The van der Waals surface area contributed by atoms with E-state index in [0.717, 1.165) is 0 Å². The highest BCUT2D eigenvalue weighted by Crippen LogP contribution is 2.35. The third-order valence-corrected chi connectivity index (χ3v) is 5.75. The maximum atomic E-state index is 4.68. The molecule has 1 N–H and O–H groups in total. The Balaban J connectivity index is 1.78. The zero-order chi connectivity index (χ0) is 13.4. The second-order valence-electron chi connectivity index (χ2n) is 5.31. The number of aromatic nitrogens is 1. The molecule has 1 aliphatic carbocycles. The van der Waals surface area contributed by atoms with E-state index in [-0.39, 0.29) is 0 Å². The van der Waals surface area contributed by atoms with Crippen LogP contribution in [0.25, 0.3) is 0 Å². The molecule has 0 aliphatic heterocycles. The second kappa shape index (κ2) is 5.35. The molecular weight excluding hydrogens is 272 g/mol. The van der Waals surface area contributed by atoms with Crippen LogP contribution in [-0.4, -0.2) is 4.98 Å². The summed E-state index contributed by atoms with van der Waals surface area (Å²) < 4.78 is 0. The molecule has 19 heavy (non-hydrogen) atoms. The maximum Gasteiger partial charge on any atom is 0.0900 e. The minimum atomic E-state index is 0.334. The van der Waals surface area contributed by atoms with Gasteiger partial charge < -0.3 is 5.32 Å². The van der Waals surface area contributed by atoms with Gasteiger partial charge in [0.15, 0.2) is 0 Å². The third-order valence-electron chi connectivity index (χ3n) is 3.85. The molecule has 2 heterocycles. The molecule has 0 saturated heterocycles. The largest absolute Gasteiger partial charge is 0.302 e. The molecule has 2 nitrogen and oxygen atoms in total. The highest BCUT2D eigenvalue weighted by molar-refractivity contribution is 7.11. The molecule has 4 heteroatoms. The first-order chi connectivity index (χ1) is 9.15. The van der Waals surface area contributed by atoms with Gasteiger partial charge >= 0.3 is 0 Å². The lowest BCUT2D eigenvalue weighted by Gasteiger charge is -2.27. The van der Waals surface area contributed by atoms with Crippen molar-refractivity contribution in [3.05, 3.63) is 37.5 Å². The zero-order valence-electron chi connectivity index (χ0n) is 11.7. The van der Waals surface area contributed by atoms with E-state index in [4.69, 9.17) is 0 Å². The minimum absolute atomic E-state index is 0.334. The van der Waals surface area contributed by atoms with Crippen molar-refractivity contribution >= 4 is 22.7 Å². The predicted octanol–water partition coefficient (Wildman–Crippen LogP) is 4.55.